The maximum Gasteiger partial charge on any atom is 0.266 e. The van der Waals surface area contributed by atoms with E-state index in [4.69, 9.17) is 16.3 Å². The van der Waals surface area contributed by atoms with Gasteiger partial charge in [-0.05, 0) is 43.2 Å². The molecule has 0 saturated heterocycles. The Hall–Kier alpha value is -2.14. The first kappa shape index (κ1) is 15.7. The van der Waals surface area contributed by atoms with Crippen LogP contribution in [-0.2, 0) is 4.79 Å². The summed E-state index contributed by atoms with van der Waals surface area (Å²) in [6, 6.07) is 9.27. The first-order valence-corrected chi connectivity index (χ1v) is 7.58. The average molecular weight is 338 g/mol. The van der Waals surface area contributed by atoms with Crippen LogP contribution in [0.3, 0.4) is 0 Å². The molecular weight excluding hydrogens is 324 g/mol. The van der Waals surface area contributed by atoms with E-state index in [1.807, 2.05) is 0 Å². The number of hydrogen-bond acceptors (Lipinski definition) is 2. The minimum absolute atomic E-state index is 0.0660. The highest BCUT2D eigenvalue weighted by atomic mass is 35.5. The lowest BCUT2D eigenvalue weighted by Gasteiger charge is -2.20. The zero-order valence-electron chi connectivity index (χ0n) is 12.1. The van der Waals surface area contributed by atoms with Crippen molar-refractivity contribution in [1.29, 1.82) is 0 Å². The van der Waals surface area contributed by atoms with Gasteiger partial charge in [0, 0.05) is 11.6 Å². The Kier molecular flexibility index (Phi) is 4.48. The van der Waals surface area contributed by atoms with E-state index in [9.17, 15) is 13.6 Å². The summed E-state index contributed by atoms with van der Waals surface area (Å²) < 4.78 is 31.9. The molecule has 0 aliphatic heterocycles. The Morgan fingerprint density at radius 2 is 1.78 bits per heavy atom. The van der Waals surface area contributed by atoms with E-state index in [2.05, 4.69) is 5.32 Å². The van der Waals surface area contributed by atoms with Gasteiger partial charge in [0.05, 0.1) is 5.02 Å². The van der Waals surface area contributed by atoms with Crippen LogP contribution in [0.2, 0.25) is 5.02 Å². The third-order valence-corrected chi connectivity index (χ3v) is 3.77. The van der Waals surface area contributed by atoms with Crippen molar-refractivity contribution in [2.75, 3.05) is 0 Å². The number of benzene rings is 2. The van der Waals surface area contributed by atoms with E-state index < -0.39 is 17.7 Å². The van der Waals surface area contributed by atoms with Crippen LogP contribution in [-0.4, -0.2) is 11.9 Å². The topological polar surface area (TPSA) is 38.3 Å². The van der Waals surface area contributed by atoms with Gasteiger partial charge in [-0.15, -0.1) is 0 Å². The lowest BCUT2D eigenvalue weighted by Crippen LogP contribution is -2.33. The summed E-state index contributed by atoms with van der Waals surface area (Å²) in [5.41, 5.74) is 0.491. The maximum atomic E-state index is 13.1. The molecule has 1 atom stereocenters. The van der Waals surface area contributed by atoms with Crippen molar-refractivity contribution >= 4 is 17.5 Å². The molecule has 6 heteroatoms. The van der Waals surface area contributed by atoms with Gasteiger partial charge in [0.2, 0.25) is 6.10 Å². The molecule has 120 valence electrons. The van der Waals surface area contributed by atoms with Crippen LogP contribution in [0.15, 0.2) is 42.5 Å². The van der Waals surface area contributed by atoms with Crippen molar-refractivity contribution in [3.05, 3.63) is 64.7 Å². The van der Waals surface area contributed by atoms with E-state index in [1.54, 1.807) is 0 Å². The number of nitrogens with one attached hydrogen (secondary N) is 1. The van der Waals surface area contributed by atoms with Crippen molar-refractivity contribution < 1.29 is 18.3 Å². The third kappa shape index (κ3) is 3.99. The lowest BCUT2D eigenvalue weighted by atomic mass is 10.1. The van der Waals surface area contributed by atoms with Crippen molar-refractivity contribution in [2.24, 2.45) is 0 Å². The highest BCUT2D eigenvalue weighted by Crippen LogP contribution is 2.31. The Labute approximate surface area is 137 Å². The van der Waals surface area contributed by atoms with Gasteiger partial charge < -0.3 is 10.1 Å². The monoisotopic (exact) mass is 337 g/mol. The summed E-state index contributed by atoms with van der Waals surface area (Å²) in [5.74, 6) is -1.05. The fourth-order valence-electron chi connectivity index (χ4n) is 2.11. The Morgan fingerprint density at radius 3 is 2.39 bits per heavy atom. The van der Waals surface area contributed by atoms with E-state index in [0.717, 1.165) is 18.9 Å². The number of amides is 1. The Bertz CT molecular complexity index is 717. The van der Waals surface area contributed by atoms with Crippen LogP contribution >= 0.6 is 11.6 Å². The van der Waals surface area contributed by atoms with E-state index >= 15 is 0 Å². The van der Waals surface area contributed by atoms with Crippen molar-refractivity contribution in [1.82, 2.24) is 5.32 Å². The molecule has 0 bridgehead atoms. The molecular formula is C17H14ClF2NO2. The van der Waals surface area contributed by atoms with E-state index in [-0.39, 0.29) is 22.7 Å². The number of halogens is 3. The van der Waals surface area contributed by atoms with Gasteiger partial charge in [-0.1, -0.05) is 23.7 Å². The van der Waals surface area contributed by atoms with Gasteiger partial charge in [-0.3, -0.25) is 4.79 Å². The smallest absolute Gasteiger partial charge is 0.266 e. The quantitative estimate of drug-likeness (QED) is 0.895. The van der Waals surface area contributed by atoms with Crippen molar-refractivity contribution in [2.45, 2.75) is 25.0 Å². The predicted molar refractivity (Wildman–Crippen MR) is 82.3 cm³/mol. The van der Waals surface area contributed by atoms with Gasteiger partial charge in [-0.2, -0.15) is 0 Å². The summed E-state index contributed by atoms with van der Waals surface area (Å²) in [4.78, 5) is 12.4. The normalized spacial score (nSPS) is 15.1. The molecule has 1 fully saturated rings. The van der Waals surface area contributed by atoms with Gasteiger partial charge in [-0.25, -0.2) is 8.78 Å². The minimum atomic E-state index is -0.987. The molecule has 23 heavy (non-hydrogen) atoms. The SMILES string of the molecule is O=C(NC1CC1)[C@H](Oc1ccc(F)cc1Cl)c1ccc(F)cc1. The van der Waals surface area contributed by atoms with Gasteiger partial charge >= 0.3 is 0 Å². The first-order valence-electron chi connectivity index (χ1n) is 7.20. The van der Waals surface area contributed by atoms with Crippen LogP contribution in [0.25, 0.3) is 0 Å². The Morgan fingerprint density at radius 1 is 1.13 bits per heavy atom. The zero-order chi connectivity index (χ0) is 16.4. The number of ether oxygens (including phenoxy) is 1. The molecule has 0 radical (unpaired) electrons. The van der Waals surface area contributed by atoms with Crippen LogP contribution in [0.5, 0.6) is 5.75 Å². The molecule has 3 rings (SSSR count). The molecule has 0 unspecified atom stereocenters. The highest BCUT2D eigenvalue weighted by Gasteiger charge is 2.30. The largest absolute Gasteiger partial charge is 0.474 e. The summed E-state index contributed by atoms with van der Waals surface area (Å²) in [6.45, 7) is 0. The summed E-state index contributed by atoms with van der Waals surface area (Å²) >= 11 is 5.95. The third-order valence-electron chi connectivity index (χ3n) is 3.47. The molecule has 2 aromatic rings. The first-order chi connectivity index (χ1) is 11.0. The van der Waals surface area contributed by atoms with Crippen LogP contribution in [0.4, 0.5) is 8.78 Å². The molecule has 3 nitrogen and oxygen atoms in total. The van der Waals surface area contributed by atoms with Crippen LogP contribution in [0.1, 0.15) is 24.5 Å². The van der Waals surface area contributed by atoms with Crippen molar-refractivity contribution in [3.63, 3.8) is 0 Å². The molecule has 2 aromatic carbocycles. The molecule has 1 amide bonds. The fourth-order valence-corrected chi connectivity index (χ4v) is 2.32. The van der Waals surface area contributed by atoms with Gasteiger partial charge in [0.15, 0.2) is 0 Å². The predicted octanol–water partition coefficient (Wildman–Crippen LogP) is 4.02. The summed E-state index contributed by atoms with van der Waals surface area (Å²) in [5, 5.41) is 2.91. The standard InChI is InChI=1S/C17H14ClF2NO2/c18-14-9-12(20)5-8-15(14)23-16(17(22)21-13-6-7-13)10-1-3-11(19)4-2-10/h1-5,8-9,13,16H,6-7H2,(H,21,22)/t16-/m1/s1. The molecule has 1 aliphatic carbocycles. The molecule has 0 spiro atoms. The number of rotatable bonds is 5. The van der Waals surface area contributed by atoms with Crippen LogP contribution in [0, 0.1) is 11.6 Å². The Balaban J connectivity index is 1.87. The molecule has 1 N–H and O–H groups in total. The number of carbonyl (C=O) groups is 1. The maximum absolute atomic E-state index is 13.1. The van der Waals surface area contributed by atoms with Crippen LogP contribution < -0.4 is 10.1 Å². The van der Waals surface area contributed by atoms with Gasteiger partial charge in [0.1, 0.15) is 17.4 Å². The second kappa shape index (κ2) is 6.54. The van der Waals surface area contributed by atoms with E-state index in [0.29, 0.717) is 5.56 Å². The number of carbonyl (C=O) groups excluding carboxylic acids is 1. The van der Waals surface area contributed by atoms with E-state index in [1.165, 1.54) is 36.4 Å². The van der Waals surface area contributed by atoms with Gasteiger partial charge in [0.25, 0.3) is 5.91 Å². The molecule has 0 aromatic heterocycles. The summed E-state index contributed by atoms with van der Waals surface area (Å²) in [6.07, 6.45) is 0.873. The number of hydrogen-bond donors (Lipinski definition) is 1. The second-order valence-corrected chi connectivity index (χ2v) is 5.81. The summed E-state index contributed by atoms with van der Waals surface area (Å²) in [7, 11) is 0. The zero-order valence-corrected chi connectivity index (χ0v) is 12.8. The molecule has 1 aliphatic rings. The second-order valence-electron chi connectivity index (χ2n) is 5.41. The van der Waals surface area contributed by atoms with Crippen molar-refractivity contribution in [3.8, 4) is 5.75 Å². The fraction of sp³-hybridized carbons (Fsp3) is 0.235. The lowest BCUT2D eigenvalue weighted by molar-refractivity contribution is -0.128. The average Bonchev–Trinajstić information content (AvgIpc) is 3.31. The highest BCUT2D eigenvalue weighted by molar-refractivity contribution is 6.32. The molecule has 1 saturated carbocycles. The minimum Gasteiger partial charge on any atom is -0.474 e. The molecule has 0 heterocycles.